The molecule has 0 aliphatic heterocycles. The van der Waals surface area contributed by atoms with Crippen LogP contribution in [0.25, 0.3) is 0 Å². The number of hydrogen-bond donors (Lipinski definition) is 1. The Kier molecular flexibility index (Phi) is 10.6. The molecular weight excluding hydrogens is 377 g/mol. The topological polar surface area (TPSA) is 36.9 Å². The highest BCUT2D eigenvalue weighted by Crippen LogP contribution is 2.28. The Morgan fingerprint density at radius 3 is 2.52 bits per heavy atom. The average Bonchev–Trinajstić information content (AvgIpc) is 3.16. The van der Waals surface area contributed by atoms with E-state index < -0.39 is 0 Å². The summed E-state index contributed by atoms with van der Waals surface area (Å²) in [5, 5.41) is 3.35. The molecule has 1 aliphatic carbocycles. The van der Waals surface area contributed by atoms with Gasteiger partial charge >= 0.3 is 0 Å². The number of nitrogens with zero attached hydrogens (tertiary/aromatic N) is 2. The summed E-state index contributed by atoms with van der Waals surface area (Å²) < 4.78 is 5.69. The first-order valence-electron chi connectivity index (χ1n) is 7.99. The van der Waals surface area contributed by atoms with Crippen LogP contribution >= 0.6 is 24.0 Å². The Morgan fingerprint density at radius 2 is 2.00 bits per heavy atom. The van der Waals surface area contributed by atoms with Gasteiger partial charge in [0.05, 0.1) is 6.61 Å². The molecule has 21 heavy (non-hydrogen) atoms. The van der Waals surface area contributed by atoms with E-state index in [2.05, 4.69) is 45.0 Å². The van der Waals surface area contributed by atoms with E-state index in [0.717, 1.165) is 51.1 Å². The van der Waals surface area contributed by atoms with Crippen molar-refractivity contribution in [3.05, 3.63) is 0 Å². The fraction of sp³-hybridized carbons (Fsp3) is 0.938. The molecule has 1 aliphatic rings. The van der Waals surface area contributed by atoms with Gasteiger partial charge in [-0.3, -0.25) is 4.99 Å². The van der Waals surface area contributed by atoms with Gasteiger partial charge in [-0.05, 0) is 37.5 Å². The normalized spacial score (nSPS) is 15.6. The predicted octanol–water partition coefficient (Wildman–Crippen LogP) is 3.36. The Balaban J connectivity index is 0.00000400. The summed E-state index contributed by atoms with van der Waals surface area (Å²) in [4.78, 5) is 6.87. The minimum absolute atomic E-state index is 0. The molecule has 0 atom stereocenters. The van der Waals surface area contributed by atoms with Gasteiger partial charge in [0.15, 0.2) is 5.96 Å². The molecule has 1 rings (SSSR count). The highest BCUT2D eigenvalue weighted by Gasteiger charge is 2.21. The summed E-state index contributed by atoms with van der Waals surface area (Å²) in [5.74, 6) is 1.83. The molecule has 0 radical (unpaired) electrons. The molecule has 0 aromatic carbocycles. The lowest BCUT2D eigenvalue weighted by molar-refractivity contribution is 0.115. The van der Waals surface area contributed by atoms with Crippen LogP contribution in [-0.4, -0.2) is 50.8 Å². The monoisotopic (exact) mass is 411 g/mol. The lowest BCUT2D eigenvalue weighted by Gasteiger charge is -2.23. The average molecular weight is 411 g/mol. The largest absolute Gasteiger partial charge is 0.379 e. The van der Waals surface area contributed by atoms with Crippen LogP contribution in [-0.2, 0) is 4.74 Å². The quantitative estimate of drug-likeness (QED) is 0.288. The van der Waals surface area contributed by atoms with E-state index in [4.69, 9.17) is 9.73 Å². The van der Waals surface area contributed by atoms with E-state index in [9.17, 15) is 0 Å². The summed E-state index contributed by atoms with van der Waals surface area (Å²) in [7, 11) is 2.08. The van der Waals surface area contributed by atoms with Crippen LogP contribution in [0.5, 0.6) is 0 Å². The molecule has 1 N–H and O–H groups in total. The van der Waals surface area contributed by atoms with Crippen molar-refractivity contribution in [2.24, 2.45) is 16.3 Å². The number of guanidine groups is 1. The number of hydrogen-bond acceptors (Lipinski definition) is 2. The molecule has 0 unspecified atom stereocenters. The summed E-state index contributed by atoms with van der Waals surface area (Å²) >= 11 is 0. The van der Waals surface area contributed by atoms with Gasteiger partial charge in [-0.1, -0.05) is 20.8 Å². The van der Waals surface area contributed by atoms with Crippen LogP contribution in [0.3, 0.4) is 0 Å². The second-order valence-corrected chi connectivity index (χ2v) is 6.99. The standard InChI is InChI=1S/C16H33N3O.HI/c1-6-17-15(18-10-9-16(2,3)4)19(5)11-12-20-13-14-7-8-14;/h14H,6-13H2,1-5H3,(H,17,18);1H. The van der Waals surface area contributed by atoms with Gasteiger partial charge in [-0.25, -0.2) is 0 Å². The smallest absolute Gasteiger partial charge is 0.193 e. The van der Waals surface area contributed by atoms with E-state index in [1.54, 1.807) is 0 Å². The zero-order valence-corrected chi connectivity index (χ0v) is 16.8. The van der Waals surface area contributed by atoms with E-state index in [-0.39, 0.29) is 24.0 Å². The fourth-order valence-corrected chi connectivity index (χ4v) is 1.81. The number of ether oxygens (including phenoxy) is 1. The minimum atomic E-state index is 0. The van der Waals surface area contributed by atoms with Gasteiger partial charge in [0, 0.05) is 33.3 Å². The lowest BCUT2D eigenvalue weighted by atomic mass is 9.92. The third kappa shape index (κ3) is 11.2. The Labute approximate surface area is 148 Å². The Hall–Kier alpha value is -0.0400. The van der Waals surface area contributed by atoms with Gasteiger partial charge in [-0.15, -0.1) is 24.0 Å². The fourth-order valence-electron chi connectivity index (χ4n) is 1.81. The molecule has 1 saturated carbocycles. The van der Waals surface area contributed by atoms with Gasteiger partial charge in [0.2, 0.25) is 0 Å². The van der Waals surface area contributed by atoms with Crippen LogP contribution in [0.2, 0.25) is 0 Å². The maximum Gasteiger partial charge on any atom is 0.193 e. The number of halogens is 1. The number of likely N-dealkylation sites (N-methyl/N-ethyl adjacent to an activating group) is 1. The first-order valence-corrected chi connectivity index (χ1v) is 7.99. The van der Waals surface area contributed by atoms with E-state index in [1.165, 1.54) is 12.8 Å². The number of aliphatic imine (C=N–C) groups is 1. The third-order valence-electron chi connectivity index (χ3n) is 3.44. The summed E-state index contributed by atoms with van der Waals surface area (Å²) in [6.45, 7) is 13.3. The lowest BCUT2D eigenvalue weighted by Crippen LogP contribution is -2.40. The van der Waals surface area contributed by atoms with Gasteiger partial charge in [0.25, 0.3) is 0 Å². The Bertz CT molecular complexity index is 298. The molecule has 0 spiro atoms. The summed E-state index contributed by atoms with van der Waals surface area (Å²) in [5.41, 5.74) is 0.340. The SMILES string of the molecule is CCNC(=NCCC(C)(C)C)N(C)CCOCC1CC1.I. The first-order chi connectivity index (χ1) is 9.42. The molecule has 0 aromatic heterocycles. The molecule has 0 amide bonds. The first kappa shape index (κ1) is 21.0. The van der Waals surface area contributed by atoms with Gasteiger partial charge in [-0.2, -0.15) is 0 Å². The van der Waals surface area contributed by atoms with Crippen LogP contribution < -0.4 is 5.32 Å². The van der Waals surface area contributed by atoms with Crippen molar-refractivity contribution in [2.75, 3.05) is 39.9 Å². The Morgan fingerprint density at radius 1 is 1.33 bits per heavy atom. The molecular formula is C16H34IN3O. The van der Waals surface area contributed by atoms with Crippen LogP contribution in [0, 0.1) is 11.3 Å². The van der Waals surface area contributed by atoms with Crippen LogP contribution in [0.1, 0.15) is 47.0 Å². The highest BCUT2D eigenvalue weighted by molar-refractivity contribution is 14.0. The highest BCUT2D eigenvalue weighted by atomic mass is 127. The van der Waals surface area contributed by atoms with Crippen molar-refractivity contribution in [3.8, 4) is 0 Å². The van der Waals surface area contributed by atoms with Crippen molar-refractivity contribution in [2.45, 2.75) is 47.0 Å². The zero-order valence-electron chi connectivity index (χ0n) is 14.4. The third-order valence-corrected chi connectivity index (χ3v) is 3.44. The summed E-state index contributed by atoms with van der Waals surface area (Å²) in [6, 6.07) is 0. The summed E-state index contributed by atoms with van der Waals surface area (Å²) in [6.07, 6.45) is 3.81. The van der Waals surface area contributed by atoms with E-state index >= 15 is 0 Å². The maximum absolute atomic E-state index is 5.69. The molecule has 1 fully saturated rings. The molecule has 0 saturated heterocycles. The van der Waals surface area contributed by atoms with Gasteiger partial charge < -0.3 is 15.0 Å². The maximum atomic E-state index is 5.69. The van der Waals surface area contributed by atoms with E-state index in [0.29, 0.717) is 5.41 Å². The number of rotatable bonds is 8. The van der Waals surface area contributed by atoms with Crippen molar-refractivity contribution in [1.29, 1.82) is 0 Å². The number of nitrogens with one attached hydrogen (secondary N) is 1. The molecule has 0 bridgehead atoms. The van der Waals surface area contributed by atoms with Crippen LogP contribution in [0.4, 0.5) is 0 Å². The minimum Gasteiger partial charge on any atom is -0.379 e. The second-order valence-electron chi connectivity index (χ2n) is 6.99. The van der Waals surface area contributed by atoms with Crippen molar-refractivity contribution >= 4 is 29.9 Å². The molecule has 0 heterocycles. The molecule has 0 aromatic rings. The molecule has 126 valence electrons. The van der Waals surface area contributed by atoms with Crippen LogP contribution in [0.15, 0.2) is 4.99 Å². The zero-order chi connectivity index (χ0) is 15.0. The second kappa shape index (κ2) is 10.6. The predicted molar refractivity (Wildman–Crippen MR) is 102 cm³/mol. The van der Waals surface area contributed by atoms with Gasteiger partial charge in [0.1, 0.15) is 0 Å². The molecule has 4 nitrogen and oxygen atoms in total. The van der Waals surface area contributed by atoms with Crippen molar-refractivity contribution < 1.29 is 4.74 Å². The van der Waals surface area contributed by atoms with Crippen molar-refractivity contribution in [3.63, 3.8) is 0 Å². The molecule has 5 heteroatoms. The van der Waals surface area contributed by atoms with Crippen molar-refractivity contribution in [1.82, 2.24) is 10.2 Å². The van der Waals surface area contributed by atoms with E-state index in [1.807, 2.05) is 0 Å².